The summed E-state index contributed by atoms with van der Waals surface area (Å²) in [6.07, 6.45) is 0.905. The molecule has 0 aliphatic carbocycles. The van der Waals surface area contributed by atoms with Gasteiger partial charge in [0.05, 0.1) is 6.10 Å². The van der Waals surface area contributed by atoms with Gasteiger partial charge in [-0.3, -0.25) is 4.21 Å². The fourth-order valence-electron chi connectivity index (χ4n) is 0.730. The molecule has 12 heavy (non-hydrogen) atoms. The number of nitrogens with two attached hydrogens (primary N) is 1. The lowest BCUT2D eigenvalue weighted by Crippen LogP contribution is -2.22. The van der Waals surface area contributed by atoms with Gasteiger partial charge in [-0.2, -0.15) is 0 Å². The molecule has 0 aromatic carbocycles. The van der Waals surface area contributed by atoms with E-state index < -0.39 is 10.8 Å². The third kappa shape index (κ3) is 6.76. The Morgan fingerprint density at radius 1 is 1.50 bits per heavy atom. The first kappa shape index (κ1) is 12.1. The van der Waals surface area contributed by atoms with E-state index in [1.165, 1.54) is 0 Å². The van der Waals surface area contributed by atoms with Crippen LogP contribution in [0.1, 0.15) is 20.3 Å². The van der Waals surface area contributed by atoms with E-state index in [9.17, 15) is 4.21 Å². The lowest BCUT2D eigenvalue weighted by Gasteiger charge is -2.09. The lowest BCUT2D eigenvalue weighted by molar-refractivity contribution is 0.137. The Balaban J connectivity index is 3.46. The molecular weight excluding hydrogens is 174 g/mol. The van der Waals surface area contributed by atoms with Crippen molar-refractivity contribution in [1.82, 2.24) is 0 Å². The average Bonchev–Trinajstić information content (AvgIpc) is 2.00. The summed E-state index contributed by atoms with van der Waals surface area (Å²) >= 11 is 0. The molecule has 3 atom stereocenters. The van der Waals surface area contributed by atoms with E-state index in [4.69, 9.17) is 10.5 Å². The molecule has 0 saturated carbocycles. The van der Waals surface area contributed by atoms with Crippen molar-refractivity contribution in [2.45, 2.75) is 32.4 Å². The summed E-state index contributed by atoms with van der Waals surface area (Å²) in [7, 11) is 0.857. The molecule has 0 aliphatic rings. The molecule has 0 radical (unpaired) electrons. The van der Waals surface area contributed by atoms with E-state index in [2.05, 4.69) is 0 Å². The molecule has 0 heterocycles. The Kier molecular flexibility index (Phi) is 6.61. The summed E-state index contributed by atoms with van der Waals surface area (Å²) in [5.74, 6) is 1.30. The van der Waals surface area contributed by atoms with Crippen LogP contribution in [-0.4, -0.2) is 35.0 Å². The van der Waals surface area contributed by atoms with Crippen LogP contribution in [0.4, 0.5) is 0 Å². The quantitative estimate of drug-likeness (QED) is 0.668. The zero-order chi connectivity index (χ0) is 9.56. The number of rotatable bonds is 6. The third-order valence-corrected chi connectivity index (χ3v) is 3.16. The van der Waals surface area contributed by atoms with Gasteiger partial charge in [-0.1, -0.05) is 0 Å². The van der Waals surface area contributed by atoms with E-state index >= 15 is 0 Å². The molecule has 2 N–H and O–H groups in total. The second-order valence-electron chi connectivity index (χ2n) is 3.12. The van der Waals surface area contributed by atoms with Gasteiger partial charge in [0.2, 0.25) is 0 Å². The van der Waals surface area contributed by atoms with E-state index in [1.807, 2.05) is 13.8 Å². The van der Waals surface area contributed by atoms with Crippen LogP contribution in [0.5, 0.6) is 0 Å². The van der Waals surface area contributed by atoms with Crippen molar-refractivity contribution in [2.75, 3.05) is 18.6 Å². The van der Waals surface area contributed by atoms with Crippen molar-refractivity contribution in [1.29, 1.82) is 0 Å². The Morgan fingerprint density at radius 3 is 2.50 bits per heavy atom. The summed E-state index contributed by atoms with van der Waals surface area (Å²) in [5.41, 5.74) is 5.54. The normalized spacial score (nSPS) is 18.7. The zero-order valence-corrected chi connectivity index (χ0v) is 8.89. The molecule has 3 unspecified atom stereocenters. The van der Waals surface area contributed by atoms with E-state index in [0.29, 0.717) is 11.5 Å². The zero-order valence-electron chi connectivity index (χ0n) is 8.08. The number of hydrogen-bond acceptors (Lipinski definition) is 3. The molecule has 74 valence electrons. The molecular formula is C8H19NO2S. The topological polar surface area (TPSA) is 52.3 Å². The monoisotopic (exact) mass is 193 g/mol. The predicted octanol–water partition coefficient (Wildman–Crippen LogP) is 0.507. The highest BCUT2D eigenvalue weighted by Crippen LogP contribution is 1.96. The molecule has 0 saturated heterocycles. The van der Waals surface area contributed by atoms with E-state index in [-0.39, 0.29) is 12.1 Å². The number of hydrogen-bond donors (Lipinski definition) is 1. The van der Waals surface area contributed by atoms with Crippen molar-refractivity contribution in [3.63, 3.8) is 0 Å². The van der Waals surface area contributed by atoms with Crippen LogP contribution in [0.25, 0.3) is 0 Å². The van der Waals surface area contributed by atoms with Crippen molar-refractivity contribution < 1.29 is 8.95 Å². The summed E-state index contributed by atoms with van der Waals surface area (Å²) in [4.78, 5) is 0. The van der Waals surface area contributed by atoms with Crippen LogP contribution >= 0.6 is 0 Å². The fourth-order valence-corrected chi connectivity index (χ4v) is 2.19. The molecule has 0 aromatic rings. The maximum absolute atomic E-state index is 11.3. The van der Waals surface area contributed by atoms with Crippen molar-refractivity contribution in [3.05, 3.63) is 0 Å². The van der Waals surface area contributed by atoms with Crippen LogP contribution in [0.3, 0.4) is 0 Å². The van der Waals surface area contributed by atoms with Crippen molar-refractivity contribution in [2.24, 2.45) is 5.73 Å². The molecule has 4 heteroatoms. The minimum atomic E-state index is -0.776. The van der Waals surface area contributed by atoms with Crippen LogP contribution in [0, 0.1) is 0 Å². The first-order valence-electron chi connectivity index (χ1n) is 4.19. The maximum Gasteiger partial charge on any atom is 0.0658 e. The van der Waals surface area contributed by atoms with Crippen molar-refractivity contribution >= 4 is 10.8 Å². The second-order valence-corrected chi connectivity index (χ2v) is 4.74. The summed E-state index contributed by atoms with van der Waals surface area (Å²) in [6.45, 7) is 3.85. The molecule has 0 aromatic heterocycles. The minimum absolute atomic E-state index is 0.0823. The van der Waals surface area contributed by atoms with Gasteiger partial charge in [0.15, 0.2) is 0 Å². The standard InChI is InChI=1S/C8H19NO2S/c1-7(9)4-5-12(10)6-8(2)11-3/h7-8H,4-6,9H2,1-3H3. The molecule has 0 rings (SSSR count). The molecule has 0 amide bonds. The fraction of sp³-hybridized carbons (Fsp3) is 1.00. The SMILES string of the molecule is COC(C)CS(=O)CCC(C)N. The predicted molar refractivity (Wildman–Crippen MR) is 52.6 cm³/mol. The highest BCUT2D eigenvalue weighted by Gasteiger charge is 2.06. The highest BCUT2D eigenvalue weighted by molar-refractivity contribution is 7.85. The van der Waals surface area contributed by atoms with Gasteiger partial charge in [-0.15, -0.1) is 0 Å². The Bertz CT molecular complexity index is 139. The smallest absolute Gasteiger partial charge is 0.0658 e. The molecule has 0 fully saturated rings. The highest BCUT2D eigenvalue weighted by atomic mass is 32.2. The summed E-state index contributed by atoms with van der Waals surface area (Å²) in [6, 6.07) is 0.145. The minimum Gasteiger partial charge on any atom is -0.381 e. The van der Waals surface area contributed by atoms with E-state index in [0.717, 1.165) is 6.42 Å². The molecule has 0 aliphatic heterocycles. The largest absolute Gasteiger partial charge is 0.381 e. The van der Waals surface area contributed by atoms with Gasteiger partial charge in [0.1, 0.15) is 0 Å². The summed E-state index contributed by atoms with van der Waals surface area (Å²) in [5, 5.41) is 0. The molecule has 3 nitrogen and oxygen atoms in total. The second kappa shape index (κ2) is 6.57. The van der Waals surface area contributed by atoms with Gasteiger partial charge < -0.3 is 10.5 Å². The van der Waals surface area contributed by atoms with E-state index in [1.54, 1.807) is 7.11 Å². The first-order chi connectivity index (χ1) is 5.56. The Labute approximate surface area is 77.1 Å². The maximum atomic E-state index is 11.3. The van der Waals surface area contributed by atoms with Crippen LogP contribution in [-0.2, 0) is 15.5 Å². The average molecular weight is 193 g/mol. The lowest BCUT2D eigenvalue weighted by atomic mass is 10.3. The van der Waals surface area contributed by atoms with Gasteiger partial charge in [-0.05, 0) is 20.3 Å². The van der Waals surface area contributed by atoms with Gasteiger partial charge >= 0.3 is 0 Å². The molecule has 0 bridgehead atoms. The Hall–Kier alpha value is 0.0700. The number of ether oxygens (including phenoxy) is 1. The van der Waals surface area contributed by atoms with Crippen LogP contribution in [0.2, 0.25) is 0 Å². The van der Waals surface area contributed by atoms with Gasteiger partial charge in [0.25, 0.3) is 0 Å². The third-order valence-electron chi connectivity index (χ3n) is 1.62. The summed E-state index contributed by atoms with van der Waals surface area (Å²) < 4.78 is 16.3. The number of methoxy groups -OCH3 is 1. The molecule has 0 spiro atoms. The van der Waals surface area contributed by atoms with Crippen molar-refractivity contribution in [3.8, 4) is 0 Å². The van der Waals surface area contributed by atoms with Gasteiger partial charge in [-0.25, -0.2) is 0 Å². The van der Waals surface area contributed by atoms with Crippen LogP contribution in [0.15, 0.2) is 0 Å². The van der Waals surface area contributed by atoms with Gasteiger partial charge in [0, 0.05) is 35.5 Å². The van der Waals surface area contributed by atoms with Crippen LogP contribution < -0.4 is 5.73 Å². The first-order valence-corrected chi connectivity index (χ1v) is 5.68. The Morgan fingerprint density at radius 2 is 2.08 bits per heavy atom.